The number of aliphatic carboxylic acids is 1. The van der Waals surface area contributed by atoms with Gasteiger partial charge in [-0.1, -0.05) is 19.1 Å². The third-order valence-corrected chi connectivity index (χ3v) is 3.65. The van der Waals surface area contributed by atoms with Crippen LogP contribution in [-0.4, -0.2) is 40.7 Å². The van der Waals surface area contributed by atoms with Gasteiger partial charge in [0, 0.05) is 18.9 Å². The predicted molar refractivity (Wildman–Crippen MR) is 89.3 cm³/mol. The maximum atomic E-state index is 10.6. The monoisotopic (exact) mass is 339 g/mol. The van der Waals surface area contributed by atoms with Gasteiger partial charge in [-0.25, -0.2) is 4.79 Å². The Hall–Kier alpha value is -2.41. The van der Waals surface area contributed by atoms with E-state index in [1.54, 1.807) is 12.1 Å². The molecule has 0 aromatic heterocycles. The topological polar surface area (TPSA) is 113 Å². The molecular formula is C17H25NO6. The van der Waals surface area contributed by atoms with Crippen LogP contribution in [0.2, 0.25) is 0 Å². The number of carbonyl (C=O) groups excluding carboxylic acids is 1. The summed E-state index contributed by atoms with van der Waals surface area (Å²) in [6.07, 6.45) is 1.89. The van der Waals surface area contributed by atoms with Crippen molar-refractivity contribution in [2.75, 3.05) is 7.05 Å². The van der Waals surface area contributed by atoms with Gasteiger partial charge in [0.05, 0.1) is 0 Å². The van der Waals surface area contributed by atoms with Gasteiger partial charge in [0.2, 0.25) is 0 Å². The van der Waals surface area contributed by atoms with Gasteiger partial charge in [-0.3, -0.25) is 9.59 Å². The Labute approximate surface area is 141 Å². The molecule has 0 saturated carbocycles. The summed E-state index contributed by atoms with van der Waals surface area (Å²) in [5, 5.41) is 20.2. The zero-order chi connectivity index (χ0) is 18.8. The highest BCUT2D eigenvalue weighted by Gasteiger charge is 2.19. The molecule has 0 amide bonds. The van der Waals surface area contributed by atoms with Crippen LogP contribution in [0.25, 0.3) is 0 Å². The number of carbonyl (C=O) groups is 3. The molecule has 1 aromatic rings. The normalized spacial score (nSPS) is 12.3. The van der Waals surface area contributed by atoms with Gasteiger partial charge in [0.15, 0.2) is 0 Å². The van der Waals surface area contributed by atoms with E-state index in [9.17, 15) is 14.4 Å². The molecule has 0 heterocycles. The summed E-state index contributed by atoms with van der Waals surface area (Å²) in [5.74, 6) is -2.30. The van der Waals surface area contributed by atoms with Crippen molar-refractivity contribution >= 4 is 17.9 Å². The second-order valence-electron chi connectivity index (χ2n) is 5.45. The van der Waals surface area contributed by atoms with Crippen LogP contribution < -0.4 is 10.1 Å². The lowest BCUT2D eigenvalue weighted by Gasteiger charge is -2.26. The van der Waals surface area contributed by atoms with Crippen molar-refractivity contribution in [1.82, 2.24) is 5.32 Å². The van der Waals surface area contributed by atoms with Crippen LogP contribution in [0, 0.1) is 0 Å². The minimum Gasteiger partial charge on any atom is -0.481 e. The summed E-state index contributed by atoms with van der Waals surface area (Å²) in [6, 6.07) is 5.98. The fourth-order valence-corrected chi connectivity index (χ4v) is 1.75. The molecule has 0 spiro atoms. The fraction of sp³-hybridized carbons (Fsp3) is 0.471. The van der Waals surface area contributed by atoms with Gasteiger partial charge < -0.3 is 20.3 Å². The number of benzene rings is 1. The fourth-order valence-electron chi connectivity index (χ4n) is 1.75. The standard InChI is InChI=1S/C9H8O4.C8H17NO2/c1-6(10)13-8-5-3-2-4-7(8)9(11)12;1-4-8(2,9-3)6-5-7(10)11/h2-5H,1H3,(H,11,12);9H,4-6H2,1-3H3,(H,10,11). The minimum atomic E-state index is -1.11. The number of hydrogen-bond donors (Lipinski definition) is 3. The van der Waals surface area contributed by atoms with Crippen molar-refractivity contribution in [2.45, 2.75) is 45.6 Å². The first-order chi connectivity index (χ1) is 11.1. The Balaban J connectivity index is 0.000000449. The molecule has 0 radical (unpaired) electrons. The molecule has 1 atom stereocenters. The van der Waals surface area contributed by atoms with E-state index >= 15 is 0 Å². The molecule has 1 rings (SSSR count). The van der Waals surface area contributed by atoms with Crippen LogP contribution in [0.15, 0.2) is 24.3 Å². The van der Waals surface area contributed by atoms with E-state index in [0.717, 1.165) is 6.42 Å². The van der Waals surface area contributed by atoms with Crippen molar-refractivity contribution in [3.05, 3.63) is 29.8 Å². The van der Waals surface area contributed by atoms with Crippen LogP contribution in [0.3, 0.4) is 0 Å². The summed E-state index contributed by atoms with van der Waals surface area (Å²) in [6.45, 7) is 5.31. The lowest BCUT2D eigenvalue weighted by atomic mass is 9.93. The van der Waals surface area contributed by atoms with E-state index in [0.29, 0.717) is 6.42 Å². The average Bonchev–Trinajstić information content (AvgIpc) is 2.53. The molecule has 1 unspecified atom stereocenters. The van der Waals surface area contributed by atoms with Crippen LogP contribution in [-0.2, 0) is 9.59 Å². The van der Waals surface area contributed by atoms with Crippen molar-refractivity contribution in [3.8, 4) is 5.75 Å². The predicted octanol–water partition coefficient (Wildman–Crippen LogP) is 2.55. The number of rotatable bonds is 7. The number of aromatic carboxylic acids is 1. The Morgan fingerprint density at radius 3 is 2.21 bits per heavy atom. The first-order valence-electron chi connectivity index (χ1n) is 7.56. The first kappa shape index (κ1) is 21.6. The number of para-hydroxylation sites is 1. The molecule has 7 nitrogen and oxygen atoms in total. The molecule has 24 heavy (non-hydrogen) atoms. The maximum Gasteiger partial charge on any atom is 0.339 e. The van der Waals surface area contributed by atoms with E-state index < -0.39 is 17.9 Å². The summed E-state index contributed by atoms with van der Waals surface area (Å²) in [5.41, 5.74) is -0.0315. The van der Waals surface area contributed by atoms with Crippen LogP contribution in [0.1, 0.15) is 50.4 Å². The van der Waals surface area contributed by atoms with E-state index in [1.807, 2.05) is 14.0 Å². The average molecular weight is 339 g/mol. The van der Waals surface area contributed by atoms with Gasteiger partial charge in [0.25, 0.3) is 0 Å². The Kier molecular flexibility index (Phi) is 9.34. The quantitative estimate of drug-likeness (QED) is 0.517. The molecular weight excluding hydrogens is 314 g/mol. The van der Waals surface area contributed by atoms with Gasteiger partial charge in [0.1, 0.15) is 11.3 Å². The van der Waals surface area contributed by atoms with Gasteiger partial charge in [-0.05, 0) is 38.9 Å². The summed E-state index contributed by atoms with van der Waals surface area (Å²) in [7, 11) is 1.87. The van der Waals surface area contributed by atoms with Crippen molar-refractivity contribution in [1.29, 1.82) is 0 Å². The number of esters is 1. The Morgan fingerprint density at radius 1 is 1.21 bits per heavy atom. The Bertz CT molecular complexity index is 566. The van der Waals surface area contributed by atoms with Crippen LogP contribution in [0.5, 0.6) is 5.75 Å². The summed E-state index contributed by atoms with van der Waals surface area (Å²) < 4.78 is 4.69. The zero-order valence-electron chi connectivity index (χ0n) is 14.5. The van der Waals surface area contributed by atoms with Crippen molar-refractivity contribution in [2.24, 2.45) is 0 Å². The number of ether oxygens (including phenoxy) is 1. The lowest BCUT2D eigenvalue weighted by Crippen LogP contribution is -2.39. The second-order valence-corrected chi connectivity index (χ2v) is 5.45. The molecule has 0 aliphatic rings. The minimum absolute atomic E-state index is 0.0155. The third kappa shape index (κ3) is 8.28. The highest BCUT2D eigenvalue weighted by Crippen LogP contribution is 2.17. The lowest BCUT2D eigenvalue weighted by molar-refractivity contribution is -0.137. The number of carboxylic acids is 2. The van der Waals surface area contributed by atoms with E-state index in [4.69, 9.17) is 10.2 Å². The number of nitrogens with one attached hydrogen (secondary N) is 1. The van der Waals surface area contributed by atoms with Gasteiger partial charge in [-0.2, -0.15) is 0 Å². The smallest absolute Gasteiger partial charge is 0.339 e. The number of carboxylic acid groups (broad SMARTS) is 2. The molecule has 134 valence electrons. The molecule has 0 bridgehead atoms. The molecule has 7 heteroatoms. The SMILES string of the molecule is CC(=O)Oc1ccccc1C(=O)O.CCC(C)(CCC(=O)O)NC. The van der Waals surface area contributed by atoms with Crippen molar-refractivity contribution in [3.63, 3.8) is 0 Å². The largest absolute Gasteiger partial charge is 0.481 e. The molecule has 0 saturated heterocycles. The molecule has 0 aliphatic carbocycles. The Morgan fingerprint density at radius 2 is 1.79 bits per heavy atom. The molecule has 3 N–H and O–H groups in total. The summed E-state index contributed by atoms with van der Waals surface area (Å²) >= 11 is 0. The van der Waals surface area contributed by atoms with Crippen molar-refractivity contribution < 1.29 is 29.3 Å². The first-order valence-corrected chi connectivity index (χ1v) is 7.56. The molecule has 0 fully saturated rings. The number of hydrogen-bond acceptors (Lipinski definition) is 5. The zero-order valence-corrected chi connectivity index (χ0v) is 14.5. The highest BCUT2D eigenvalue weighted by molar-refractivity contribution is 5.91. The van der Waals surface area contributed by atoms with E-state index in [2.05, 4.69) is 17.0 Å². The highest BCUT2D eigenvalue weighted by atomic mass is 16.5. The van der Waals surface area contributed by atoms with Crippen LogP contribution >= 0.6 is 0 Å². The summed E-state index contributed by atoms with van der Waals surface area (Å²) in [4.78, 5) is 31.4. The maximum absolute atomic E-state index is 10.6. The van der Waals surface area contributed by atoms with E-state index in [-0.39, 0.29) is 23.3 Å². The third-order valence-electron chi connectivity index (χ3n) is 3.65. The molecule has 1 aromatic carbocycles. The molecule has 0 aliphatic heterocycles. The second kappa shape index (κ2) is 10.4. The van der Waals surface area contributed by atoms with Gasteiger partial charge >= 0.3 is 17.9 Å². The van der Waals surface area contributed by atoms with E-state index in [1.165, 1.54) is 19.1 Å². The van der Waals surface area contributed by atoms with Gasteiger partial charge in [-0.15, -0.1) is 0 Å². The van der Waals surface area contributed by atoms with Crippen LogP contribution in [0.4, 0.5) is 0 Å².